The van der Waals surface area contributed by atoms with Crippen LogP contribution < -0.4 is 11.3 Å². The number of rotatable bonds is 2. The van der Waals surface area contributed by atoms with Crippen molar-refractivity contribution in [2.75, 3.05) is 6.61 Å². The number of amides is 1. The predicted molar refractivity (Wildman–Crippen MR) is 55.6 cm³/mol. The van der Waals surface area contributed by atoms with Crippen molar-refractivity contribution in [1.82, 2.24) is 5.43 Å². The lowest BCUT2D eigenvalue weighted by Gasteiger charge is -2.16. The second-order valence-corrected chi connectivity index (χ2v) is 3.61. The van der Waals surface area contributed by atoms with Crippen LogP contribution in [0.15, 0.2) is 30.3 Å². The van der Waals surface area contributed by atoms with Gasteiger partial charge in [0.05, 0.1) is 12.0 Å². The maximum atomic E-state index is 11.5. The van der Waals surface area contributed by atoms with E-state index in [-0.39, 0.29) is 17.9 Å². The molecule has 0 saturated carbocycles. The van der Waals surface area contributed by atoms with Gasteiger partial charge in [0.15, 0.2) is 0 Å². The fraction of sp³-hybridized carbons (Fsp3) is 0.364. The summed E-state index contributed by atoms with van der Waals surface area (Å²) in [5.74, 6) is 4.82. The van der Waals surface area contributed by atoms with Gasteiger partial charge in [-0.05, 0) is 12.0 Å². The van der Waals surface area contributed by atoms with E-state index in [9.17, 15) is 4.79 Å². The van der Waals surface area contributed by atoms with Crippen LogP contribution in [0.4, 0.5) is 0 Å². The minimum Gasteiger partial charge on any atom is -0.373 e. The lowest BCUT2D eigenvalue weighted by molar-refractivity contribution is -0.126. The lowest BCUT2D eigenvalue weighted by Crippen LogP contribution is -2.37. The highest BCUT2D eigenvalue weighted by Gasteiger charge is 2.34. The first-order valence-electron chi connectivity index (χ1n) is 5.00. The standard InChI is InChI=1S/C11H14N2O2/c12-13-11(14)9-6-7-15-10(9)8-4-2-1-3-5-8/h1-5,9-10H,6-7,12H2,(H,13,14)/t9-,10+/m0/s1. The van der Waals surface area contributed by atoms with E-state index in [0.29, 0.717) is 6.61 Å². The first kappa shape index (κ1) is 10.1. The van der Waals surface area contributed by atoms with E-state index >= 15 is 0 Å². The van der Waals surface area contributed by atoms with Gasteiger partial charge in [-0.25, -0.2) is 5.84 Å². The van der Waals surface area contributed by atoms with Gasteiger partial charge in [-0.1, -0.05) is 30.3 Å². The van der Waals surface area contributed by atoms with E-state index in [1.54, 1.807) is 0 Å². The molecular weight excluding hydrogens is 192 g/mol. The van der Waals surface area contributed by atoms with E-state index in [2.05, 4.69) is 5.43 Å². The van der Waals surface area contributed by atoms with Crippen LogP contribution in [0.25, 0.3) is 0 Å². The average Bonchev–Trinajstić information content (AvgIpc) is 2.78. The summed E-state index contributed by atoms with van der Waals surface area (Å²) in [4.78, 5) is 11.5. The molecule has 1 saturated heterocycles. The maximum Gasteiger partial charge on any atom is 0.240 e. The van der Waals surface area contributed by atoms with Crippen LogP contribution in [0.2, 0.25) is 0 Å². The van der Waals surface area contributed by atoms with Crippen molar-refractivity contribution in [3.05, 3.63) is 35.9 Å². The molecule has 2 atom stereocenters. The summed E-state index contributed by atoms with van der Waals surface area (Å²) in [6, 6.07) is 9.75. The number of nitrogens with two attached hydrogens (primary N) is 1. The topological polar surface area (TPSA) is 64.3 Å². The number of hydrogen-bond donors (Lipinski definition) is 2. The number of ether oxygens (including phenoxy) is 1. The second-order valence-electron chi connectivity index (χ2n) is 3.61. The quantitative estimate of drug-likeness (QED) is 0.426. The normalized spacial score (nSPS) is 25.1. The summed E-state index contributed by atoms with van der Waals surface area (Å²) in [6.45, 7) is 0.609. The van der Waals surface area contributed by atoms with E-state index < -0.39 is 0 Å². The molecule has 0 radical (unpaired) electrons. The molecule has 0 bridgehead atoms. The largest absolute Gasteiger partial charge is 0.373 e. The smallest absolute Gasteiger partial charge is 0.240 e. The van der Waals surface area contributed by atoms with Gasteiger partial charge in [0, 0.05) is 6.61 Å². The Balaban J connectivity index is 2.18. The molecule has 1 fully saturated rings. The molecule has 1 aliphatic rings. The molecule has 1 amide bonds. The number of carbonyl (C=O) groups excluding carboxylic acids is 1. The van der Waals surface area contributed by atoms with E-state index in [4.69, 9.17) is 10.6 Å². The van der Waals surface area contributed by atoms with Gasteiger partial charge in [0.25, 0.3) is 0 Å². The highest BCUT2D eigenvalue weighted by Crippen LogP contribution is 2.34. The Kier molecular flexibility index (Phi) is 2.99. The molecule has 1 aromatic rings. The van der Waals surface area contributed by atoms with Gasteiger partial charge < -0.3 is 4.74 Å². The number of nitrogens with one attached hydrogen (secondary N) is 1. The predicted octanol–water partition coefficient (Wildman–Crippen LogP) is 0.754. The fourth-order valence-electron chi connectivity index (χ4n) is 1.94. The van der Waals surface area contributed by atoms with Crippen LogP contribution in [0, 0.1) is 5.92 Å². The molecular formula is C11H14N2O2. The molecule has 1 heterocycles. The number of hydrazine groups is 1. The third-order valence-corrected chi connectivity index (χ3v) is 2.70. The van der Waals surface area contributed by atoms with Gasteiger partial charge in [-0.2, -0.15) is 0 Å². The van der Waals surface area contributed by atoms with Crippen LogP contribution in [0.5, 0.6) is 0 Å². The van der Waals surface area contributed by atoms with Crippen molar-refractivity contribution < 1.29 is 9.53 Å². The minimum atomic E-state index is -0.169. The molecule has 0 unspecified atom stereocenters. The molecule has 0 aromatic heterocycles. The Morgan fingerprint density at radius 1 is 1.40 bits per heavy atom. The molecule has 3 N–H and O–H groups in total. The third-order valence-electron chi connectivity index (χ3n) is 2.70. The Hall–Kier alpha value is -1.39. The van der Waals surface area contributed by atoms with Crippen molar-refractivity contribution in [3.8, 4) is 0 Å². The third kappa shape index (κ3) is 2.00. The molecule has 80 valence electrons. The van der Waals surface area contributed by atoms with Gasteiger partial charge >= 0.3 is 0 Å². The summed E-state index contributed by atoms with van der Waals surface area (Å²) < 4.78 is 5.56. The van der Waals surface area contributed by atoms with Gasteiger partial charge in [0.2, 0.25) is 5.91 Å². The summed E-state index contributed by atoms with van der Waals surface area (Å²) in [5, 5.41) is 0. The average molecular weight is 206 g/mol. The molecule has 1 aromatic carbocycles. The van der Waals surface area contributed by atoms with Gasteiger partial charge in [-0.15, -0.1) is 0 Å². The minimum absolute atomic E-state index is 0.152. The molecule has 2 rings (SSSR count). The van der Waals surface area contributed by atoms with Crippen molar-refractivity contribution in [3.63, 3.8) is 0 Å². The monoisotopic (exact) mass is 206 g/mol. The van der Waals surface area contributed by atoms with E-state index in [1.807, 2.05) is 30.3 Å². The summed E-state index contributed by atoms with van der Waals surface area (Å²) in [7, 11) is 0. The van der Waals surface area contributed by atoms with Gasteiger partial charge in [-0.3, -0.25) is 10.2 Å². The van der Waals surface area contributed by atoms with Crippen LogP contribution in [0.3, 0.4) is 0 Å². The lowest BCUT2D eigenvalue weighted by atomic mass is 9.95. The summed E-state index contributed by atoms with van der Waals surface area (Å²) in [5.41, 5.74) is 3.22. The summed E-state index contributed by atoms with van der Waals surface area (Å²) >= 11 is 0. The van der Waals surface area contributed by atoms with E-state index in [1.165, 1.54) is 0 Å². The highest BCUT2D eigenvalue weighted by atomic mass is 16.5. The van der Waals surface area contributed by atoms with Crippen molar-refractivity contribution in [2.24, 2.45) is 11.8 Å². The first-order valence-corrected chi connectivity index (χ1v) is 5.00. The number of benzene rings is 1. The molecule has 0 aliphatic carbocycles. The van der Waals surface area contributed by atoms with Crippen molar-refractivity contribution in [2.45, 2.75) is 12.5 Å². The molecule has 1 aliphatic heterocycles. The molecule has 15 heavy (non-hydrogen) atoms. The zero-order chi connectivity index (χ0) is 10.7. The Bertz CT molecular complexity index is 340. The molecule has 0 spiro atoms. The van der Waals surface area contributed by atoms with E-state index in [0.717, 1.165) is 12.0 Å². The first-order chi connectivity index (χ1) is 7.33. The van der Waals surface area contributed by atoms with Crippen molar-refractivity contribution in [1.29, 1.82) is 0 Å². The Morgan fingerprint density at radius 2 is 2.13 bits per heavy atom. The van der Waals surface area contributed by atoms with Crippen LogP contribution >= 0.6 is 0 Å². The number of hydrogen-bond acceptors (Lipinski definition) is 3. The second kappa shape index (κ2) is 4.42. The zero-order valence-corrected chi connectivity index (χ0v) is 8.35. The highest BCUT2D eigenvalue weighted by molar-refractivity contribution is 5.79. The molecule has 4 heteroatoms. The van der Waals surface area contributed by atoms with Gasteiger partial charge in [0.1, 0.15) is 0 Å². The zero-order valence-electron chi connectivity index (χ0n) is 8.35. The SMILES string of the molecule is NNC(=O)[C@H]1CCO[C@@H]1c1ccccc1. The van der Waals surface area contributed by atoms with Crippen molar-refractivity contribution >= 4 is 5.91 Å². The summed E-state index contributed by atoms with van der Waals surface area (Å²) in [6.07, 6.45) is 0.567. The van der Waals surface area contributed by atoms with Crippen LogP contribution in [0.1, 0.15) is 18.1 Å². The van der Waals surface area contributed by atoms with Crippen LogP contribution in [-0.4, -0.2) is 12.5 Å². The molecule has 4 nitrogen and oxygen atoms in total. The fourth-order valence-corrected chi connectivity index (χ4v) is 1.94. The Labute approximate surface area is 88.4 Å². The maximum absolute atomic E-state index is 11.5. The van der Waals surface area contributed by atoms with Crippen LogP contribution in [-0.2, 0) is 9.53 Å². The number of carbonyl (C=O) groups is 1. The Morgan fingerprint density at radius 3 is 2.80 bits per heavy atom.